The van der Waals surface area contributed by atoms with Crippen molar-refractivity contribution in [1.82, 2.24) is 20.1 Å². The Balaban J connectivity index is 1.50. The highest BCUT2D eigenvalue weighted by Crippen LogP contribution is 2.49. The van der Waals surface area contributed by atoms with Gasteiger partial charge in [0.05, 0.1) is 13.3 Å². The number of ether oxygens (including phenoxy) is 1. The number of carbonyl (C=O) groups is 2. The van der Waals surface area contributed by atoms with E-state index >= 15 is 0 Å². The Kier molecular flexibility index (Phi) is 7.08. The summed E-state index contributed by atoms with van der Waals surface area (Å²) in [6, 6.07) is 6.42. The first-order valence-corrected chi connectivity index (χ1v) is 12.9. The molecule has 38 heavy (non-hydrogen) atoms. The van der Waals surface area contributed by atoms with Crippen LogP contribution in [0.15, 0.2) is 30.5 Å². The zero-order valence-electron chi connectivity index (χ0n) is 21.0. The lowest BCUT2D eigenvalue weighted by Crippen LogP contribution is -2.23. The molecule has 2 heterocycles. The van der Waals surface area contributed by atoms with Crippen LogP contribution in [0.3, 0.4) is 0 Å². The van der Waals surface area contributed by atoms with Gasteiger partial charge in [-0.05, 0) is 60.4 Å². The number of benzene rings is 1. The number of methoxy groups -OCH3 is 1. The predicted octanol–water partition coefficient (Wildman–Crippen LogP) is 4.75. The van der Waals surface area contributed by atoms with Crippen LogP contribution in [0.25, 0.3) is 11.1 Å². The standard InChI is InChI=1S/C27H25F2N5O3S/c1-34(2)26(36)20-11-17(20)15-7-8-16(18(10-15)19-12-21(24(28)29)30-13-22(19)37-3)25(35)31-27-33-32-23(38-27)9-6-14-4-5-14/h7-8,10,12-14,17,20,24H,4-5,11H2,1-3H3,(H,31,33,35)/t17?,20-/m0/s1. The summed E-state index contributed by atoms with van der Waals surface area (Å²) in [7, 11) is 4.83. The number of amides is 2. The molecule has 2 aliphatic rings. The summed E-state index contributed by atoms with van der Waals surface area (Å²) in [6.07, 6.45) is 1.27. The van der Waals surface area contributed by atoms with Crippen LogP contribution in [0.5, 0.6) is 5.75 Å². The number of alkyl halides is 2. The van der Waals surface area contributed by atoms with Gasteiger partial charge in [0, 0.05) is 37.1 Å². The number of aromatic nitrogens is 3. The SMILES string of the molecule is COc1cnc(C(F)F)cc1-c1cc(C2C[C@@H]2C(=O)N(C)C)ccc1C(=O)Nc1nnc(C#CC2CC2)s1. The van der Waals surface area contributed by atoms with Gasteiger partial charge in [-0.1, -0.05) is 23.3 Å². The summed E-state index contributed by atoms with van der Waals surface area (Å²) in [5.74, 6) is 6.08. The van der Waals surface area contributed by atoms with Crippen molar-refractivity contribution in [3.63, 3.8) is 0 Å². The quantitative estimate of drug-likeness (QED) is 0.437. The molecule has 0 bridgehead atoms. The largest absolute Gasteiger partial charge is 0.494 e. The van der Waals surface area contributed by atoms with E-state index in [1.165, 1.54) is 19.4 Å². The molecule has 2 aromatic heterocycles. The topological polar surface area (TPSA) is 97.3 Å². The Hall–Kier alpha value is -3.91. The van der Waals surface area contributed by atoms with Crippen LogP contribution in [-0.2, 0) is 4.79 Å². The Morgan fingerprint density at radius 3 is 2.66 bits per heavy atom. The molecule has 0 saturated heterocycles. The molecule has 0 aliphatic heterocycles. The first kappa shape index (κ1) is 25.7. The molecule has 2 saturated carbocycles. The number of nitrogens with one attached hydrogen (secondary N) is 1. The van der Waals surface area contributed by atoms with E-state index in [-0.39, 0.29) is 34.2 Å². The minimum Gasteiger partial charge on any atom is -0.494 e. The van der Waals surface area contributed by atoms with E-state index < -0.39 is 18.0 Å². The molecule has 8 nitrogen and oxygen atoms in total. The molecule has 1 unspecified atom stereocenters. The maximum Gasteiger partial charge on any atom is 0.280 e. The fourth-order valence-corrected chi connectivity index (χ4v) is 4.81. The van der Waals surface area contributed by atoms with Crippen molar-refractivity contribution in [1.29, 1.82) is 0 Å². The van der Waals surface area contributed by atoms with E-state index in [4.69, 9.17) is 4.74 Å². The molecule has 5 rings (SSSR count). The van der Waals surface area contributed by atoms with Gasteiger partial charge < -0.3 is 9.64 Å². The van der Waals surface area contributed by atoms with E-state index in [0.717, 1.165) is 29.7 Å². The van der Waals surface area contributed by atoms with Crippen LogP contribution >= 0.6 is 11.3 Å². The molecule has 0 radical (unpaired) electrons. The monoisotopic (exact) mass is 537 g/mol. The number of anilines is 1. The van der Waals surface area contributed by atoms with Crippen molar-refractivity contribution < 1.29 is 23.1 Å². The van der Waals surface area contributed by atoms with Gasteiger partial charge in [0.1, 0.15) is 11.4 Å². The zero-order valence-corrected chi connectivity index (χ0v) is 21.8. The molecule has 3 aromatic rings. The highest BCUT2D eigenvalue weighted by atomic mass is 32.1. The van der Waals surface area contributed by atoms with Crippen molar-refractivity contribution in [3.05, 3.63) is 52.3 Å². The van der Waals surface area contributed by atoms with Crippen molar-refractivity contribution in [2.45, 2.75) is 31.6 Å². The minimum absolute atomic E-state index is 0.0247. The van der Waals surface area contributed by atoms with Gasteiger partial charge >= 0.3 is 0 Å². The first-order chi connectivity index (χ1) is 18.2. The third kappa shape index (κ3) is 5.50. The van der Waals surface area contributed by atoms with E-state index in [0.29, 0.717) is 28.5 Å². The second-order valence-corrected chi connectivity index (χ2v) is 10.5. The Morgan fingerprint density at radius 1 is 1.18 bits per heavy atom. The third-order valence-corrected chi connectivity index (χ3v) is 7.25. The predicted molar refractivity (Wildman–Crippen MR) is 138 cm³/mol. The molecule has 2 atom stereocenters. The minimum atomic E-state index is -2.80. The summed E-state index contributed by atoms with van der Waals surface area (Å²) >= 11 is 1.16. The summed E-state index contributed by atoms with van der Waals surface area (Å²) in [6.45, 7) is 0. The van der Waals surface area contributed by atoms with Gasteiger partial charge in [-0.2, -0.15) is 0 Å². The lowest BCUT2D eigenvalue weighted by atomic mass is 9.94. The number of halogens is 2. The number of hydrogen-bond acceptors (Lipinski definition) is 7. The highest BCUT2D eigenvalue weighted by molar-refractivity contribution is 7.15. The summed E-state index contributed by atoms with van der Waals surface area (Å²) in [4.78, 5) is 31.2. The van der Waals surface area contributed by atoms with Crippen molar-refractivity contribution in [2.24, 2.45) is 11.8 Å². The van der Waals surface area contributed by atoms with Gasteiger partial charge in [0.2, 0.25) is 11.0 Å². The first-order valence-electron chi connectivity index (χ1n) is 12.1. The summed E-state index contributed by atoms with van der Waals surface area (Å²) in [5, 5.41) is 11.6. The fourth-order valence-electron chi connectivity index (χ4n) is 4.21. The average molecular weight is 538 g/mol. The third-order valence-electron chi connectivity index (χ3n) is 6.49. The van der Waals surface area contributed by atoms with Gasteiger partial charge in [0.25, 0.3) is 12.3 Å². The van der Waals surface area contributed by atoms with Gasteiger partial charge in [-0.3, -0.25) is 19.9 Å². The zero-order chi connectivity index (χ0) is 27.0. The normalized spacial score (nSPS) is 17.9. The Labute approximate surface area is 222 Å². The Bertz CT molecular complexity index is 1460. The van der Waals surface area contributed by atoms with E-state index in [1.54, 1.807) is 37.2 Å². The maximum absolute atomic E-state index is 13.5. The van der Waals surface area contributed by atoms with Crippen LogP contribution in [0.1, 0.15) is 58.2 Å². The van der Waals surface area contributed by atoms with Crippen molar-refractivity contribution >= 4 is 28.3 Å². The Morgan fingerprint density at radius 2 is 1.97 bits per heavy atom. The molecular formula is C27H25F2N5O3S. The van der Waals surface area contributed by atoms with Crippen LogP contribution in [0.2, 0.25) is 0 Å². The van der Waals surface area contributed by atoms with Gasteiger partial charge in [-0.15, -0.1) is 10.2 Å². The summed E-state index contributed by atoms with van der Waals surface area (Å²) in [5.41, 5.74) is 1.32. The fraction of sp³-hybridized carbons (Fsp3) is 0.370. The lowest BCUT2D eigenvalue weighted by Gasteiger charge is -2.16. The number of rotatable bonds is 7. The number of carbonyl (C=O) groups excluding carboxylic acids is 2. The maximum atomic E-state index is 13.5. The highest BCUT2D eigenvalue weighted by Gasteiger charge is 2.45. The molecule has 0 spiro atoms. The summed E-state index contributed by atoms with van der Waals surface area (Å²) < 4.78 is 32.5. The molecular weight excluding hydrogens is 512 g/mol. The number of hydrogen-bond donors (Lipinski definition) is 1. The second kappa shape index (κ2) is 10.5. The van der Waals surface area contributed by atoms with Crippen LogP contribution in [-0.4, -0.2) is 53.1 Å². The molecule has 196 valence electrons. The van der Waals surface area contributed by atoms with Crippen molar-refractivity contribution in [3.8, 4) is 28.7 Å². The smallest absolute Gasteiger partial charge is 0.280 e. The second-order valence-electron chi connectivity index (χ2n) is 9.51. The van der Waals surface area contributed by atoms with E-state index in [2.05, 4.69) is 32.3 Å². The van der Waals surface area contributed by atoms with Crippen LogP contribution in [0.4, 0.5) is 13.9 Å². The molecule has 2 aliphatic carbocycles. The number of pyridine rings is 1. The lowest BCUT2D eigenvalue weighted by molar-refractivity contribution is -0.130. The van der Waals surface area contributed by atoms with Crippen LogP contribution in [0, 0.1) is 23.7 Å². The van der Waals surface area contributed by atoms with Crippen molar-refractivity contribution in [2.75, 3.05) is 26.5 Å². The number of nitrogens with zero attached hydrogens (tertiary/aromatic N) is 4. The van der Waals surface area contributed by atoms with Crippen LogP contribution < -0.4 is 10.1 Å². The van der Waals surface area contributed by atoms with E-state index in [1.807, 2.05) is 0 Å². The molecule has 1 aromatic carbocycles. The molecule has 11 heteroatoms. The van der Waals surface area contributed by atoms with Gasteiger partial charge in [-0.25, -0.2) is 8.78 Å². The average Bonchev–Trinajstić information content (AvgIpc) is 3.84. The molecule has 2 fully saturated rings. The van der Waals surface area contributed by atoms with Gasteiger partial charge in [0.15, 0.2) is 5.01 Å². The van der Waals surface area contributed by atoms with E-state index in [9.17, 15) is 18.4 Å². The molecule has 1 N–H and O–H groups in total. The molecule has 2 amide bonds.